The van der Waals surface area contributed by atoms with Gasteiger partial charge < -0.3 is 10.2 Å². The van der Waals surface area contributed by atoms with Gasteiger partial charge in [0.05, 0.1) is 12.2 Å². The minimum Gasteiger partial charge on any atom is -0.334 e. The van der Waals surface area contributed by atoms with Crippen LogP contribution in [0.1, 0.15) is 36.2 Å². The molecule has 1 unspecified atom stereocenters. The Morgan fingerprint density at radius 2 is 2.04 bits per heavy atom. The number of rotatable bonds is 7. The van der Waals surface area contributed by atoms with E-state index in [0.29, 0.717) is 19.5 Å². The minimum absolute atomic E-state index is 0.214. The number of likely N-dealkylation sites (tertiary alicyclic amines) is 1. The van der Waals surface area contributed by atoms with Gasteiger partial charge in [-0.25, -0.2) is 4.39 Å². The highest BCUT2D eigenvalue weighted by Crippen LogP contribution is 2.23. The Kier molecular flexibility index (Phi) is 5.76. The van der Waals surface area contributed by atoms with E-state index >= 15 is 0 Å². The summed E-state index contributed by atoms with van der Waals surface area (Å²) in [6.07, 6.45) is 2.44. The number of carbonyl (C=O) groups excluding carboxylic acids is 1. The third-order valence-corrected chi connectivity index (χ3v) is 4.63. The van der Waals surface area contributed by atoms with Crippen molar-refractivity contribution in [1.82, 2.24) is 15.2 Å². The number of amides is 1. The van der Waals surface area contributed by atoms with Crippen molar-refractivity contribution in [2.45, 2.75) is 45.3 Å². The SMILES string of the molecule is Cc1cccc(CN2C(=O)CCC2CCNCc2ccc(F)cc2)n1. The number of nitrogens with one attached hydrogen (secondary N) is 1. The van der Waals surface area contributed by atoms with Gasteiger partial charge in [0.2, 0.25) is 5.91 Å². The van der Waals surface area contributed by atoms with Gasteiger partial charge in [-0.2, -0.15) is 0 Å². The largest absolute Gasteiger partial charge is 0.334 e. The van der Waals surface area contributed by atoms with Crippen molar-refractivity contribution < 1.29 is 9.18 Å². The van der Waals surface area contributed by atoms with Crippen LogP contribution in [-0.4, -0.2) is 28.4 Å². The Labute approximate surface area is 148 Å². The Morgan fingerprint density at radius 1 is 1.24 bits per heavy atom. The van der Waals surface area contributed by atoms with Gasteiger partial charge >= 0.3 is 0 Å². The molecule has 1 aromatic heterocycles. The van der Waals surface area contributed by atoms with Crippen LogP contribution in [0.25, 0.3) is 0 Å². The van der Waals surface area contributed by atoms with Crippen LogP contribution in [0.4, 0.5) is 4.39 Å². The van der Waals surface area contributed by atoms with Gasteiger partial charge in [-0.05, 0) is 56.1 Å². The lowest BCUT2D eigenvalue weighted by atomic mass is 10.1. The highest BCUT2D eigenvalue weighted by Gasteiger charge is 2.30. The number of aryl methyl sites for hydroxylation is 1. The second-order valence-electron chi connectivity index (χ2n) is 6.58. The van der Waals surface area contributed by atoms with Gasteiger partial charge in [-0.3, -0.25) is 9.78 Å². The Balaban J connectivity index is 1.49. The number of carbonyl (C=O) groups is 1. The van der Waals surface area contributed by atoms with E-state index in [2.05, 4.69) is 10.3 Å². The maximum Gasteiger partial charge on any atom is 0.223 e. The summed E-state index contributed by atoms with van der Waals surface area (Å²) in [7, 11) is 0. The maximum absolute atomic E-state index is 12.9. The molecule has 2 aromatic rings. The number of benzene rings is 1. The van der Waals surface area contributed by atoms with Crippen molar-refractivity contribution in [3.05, 3.63) is 65.2 Å². The lowest BCUT2D eigenvalue weighted by Crippen LogP contribution is -2.35. The van der Waals surface area contributed by atoms with Gasteiger partial charge in [0.1, 0.15) is 5.82 Å². The predicted octanol–water partition coefficient (Wildman–Crippen LogP) is 3.20. The third kappa shape index (κ3) is 4.86. The fraction of sp³-hybridized carbons (Fsp3) is 0.400. The number of halogens is 1. The van der Waals surface area contributed by atoms with Crippen LogP contribution < -0.4 is 5.32 Å². The molecule has 1 N–H and O–H groups in total. The van der Waals surface area contributed by atoms with Crippen molar-refractivity contribution in [1.29, 1.82) is 0 Å². The topological polar surface area (TPSA) is 45.2 Å². The van der Waals surface area contributed by atoms with Crippen LogP contribution >= 0.6 is 0 Å². The fourth-order valence-electron chi connectivity index (χ4n) is 3.28. The molecule has 1 aliphatic heterocycles. The van der Waals surface area contributed by atoms with Crippen LogP contribution in [0.3, 0.4) is 0 Å². The lowest BCUT2D eigenvalue weighted by Gasteiger charge is -2.25. The molecule has 25 heavy (non-hydrogen) atoms. The fourth-order valence-corrected chi connectivity index (χ4v) is 3.28. The lowest BCUT2D eigenvalue weighted by molar-refractivity contribution is -0.129. The molecule has 1 aliphatic rings. The quantitative estimate of drug-likeness (QED) is 0.787. The number of hydrogen-bond acceptors (Lipinski definition) is 3. The summed E-state index contributed by atoms with van der Waals surface area (Å²) in [5.41, 5.74) is 2.98. The molecule has 1 saturated heterocycles. The van der Waals surface area contributed by atoms with E-state index in [4.69, 9.17) is 0 Å². The first-order chi connectivity index (χ1) is 12.1. The second kappa shape index (κ2) is 8.21. The van der Waals surface area contributed by atoms with Crippen molar-refractivity contribution in [3.8, 4) is 0 Å². The van der Waals surface area contributed by atoms with E-state index in [9.17, 15) is 9.18 Å². The molecule has 1 fully saturated rings. The summed E-state index contributed by atoms with van der Waals surface area (Å²) in [6.45, 7) is 4.09. The molecule has 132 valence electrons. The molecule has 3 rings (SSSR count). The predicted molar refractivity (Wildman–Crippen MR) is 95.3 cm³/mol. The van der Waals surface area contributed by atoms with Gasteiger partial charge in [0, 0.05) is 24.7 Å². The normalized spacial score (nSPS) is 17.3. The first-order valence-electron chi connectivity index (χ1n) is 8.79. The van der Waals surface area contributed by atoms with Gasteiger partial charge in [-0.15, -0.1) is 0 Å². The van der Waals surface area contributed by atoms with Crippen LogP contribution in [0.15, 0.2) is 42.5 Å². The van der Waals surface area contributed by atoms with Crippen LogP contribution in [0, 0.1) is 12.7 Å². The van der Waals surface area contributed by atoms with Crippen molar-refractivity contribution in [3.63, 3.8) is 0 Å². The Morgan fingerprint density at radius 3 is 2.80 bits per heavy atom. The molecule has 0 radical (unpaired) electrons. The summed E-state index contributed by atoms with van der Waals surface area (Å²) in [6, 6.07) is 12.7. The van der Waals surface area contributed by atoms with Crippen molar-refractivity contribution >= 4 is 5.91 Å². The van der Waals surface area contributed by atoms with E-state index < -0.39 is 0 Å². The average Bonchev–Trinajstić information content (AvgIpc) is 2.94. The molecule has 4 nitrogen and oxygen atoms in total. The zero-order valence-electron chi connectivity index (χ0n) is 14.5. The molecule has 1 amide bonds. The van der Waals surface area contributed by atoms with Gasteiger partial charge in [-0.1, -0.05) is 18.2 Å². The molecule has 1 atom stereocenters. The monoisotopic (exact) mass is 341 g/mol. The van der Waals surface area contributed by atoms with Crippen LogP contribution in [0.5, 0.6) is 0 Å². The van der Waals surface area contributed by atoms with Gasteiger partial charge in [0.15, 0.2) is 0 Å². The standard InChI is InChI=1S/C20H24FN3O/c1-15-3-2-4-18(23-15)14-24-19(9-10-20(24)25)11-12-22-13-16-5-7-17(21)8-6-16/h2-8,19,22H,9-14H2,1H3. The zero-order valence-corrected chi connectivity index (χ0v) is 14.5. The molecule has 2 heterocycles. The molecule has 1 aromatic carbocycles. The first kappa shape index (κ1) is 17.5. The summed E-state index contributed by atoms with van der Waals surface area (Å²) in [4.78, 5) is 18.7. The van der Waals surface area contributed by atoms with E-state index in [-0.39, 0.29) is 17.8 Å². The first-order valence-corrected chi connectivity index (χ1v) is 8.79. The smallest absolute Gasteiger partial charge is 0.223 e. The number of aromatic nitrogens is 1. The van der Waals surface area contributed by atoms with E-state index in [1.165, 1.54) is 12.1 Å². The Bertz CT molecular complexity index is 717. The highest BCUT2D eigenvalue weighted by atomic mass is 19.1. The average molecular weight is 341 g/mol. The molecule has 0 spiro atoms. The second-order valence-corrected chi connectivity index (χ2v) is 6.58. The summed E-state index contributed by atoms with van der Waals surface area (Å²) in [5.74, 6) is 0.000425. The maximum atomic E-state index is 12.9. The molecule has 0 saturated carbocycles. The van der Waals surface area contributed by atoms with E-state index in [0.717, 1.165) is 36.3 Å². The van der Waals surface area contributed by atoms with Crippen molar-refractivity contribution in [2.24, 2.45) is 0 Å². The number of hydrogen-bond donors (Lipinski definition) is 1. The molecular weight excluding hydrogens is 317 g/mol. The van der Waals surface area contributed by atoms with E-state index in [1.807, 2.05) is 30.0 Å². The van der Waals surface area contributed by atoms with Crippen LogP contribution in [0.2, 0.25) is 0 Å². The summed E-state index contributed by atoms with van der Waals surface area (Å²) in [5, 5.41) is 3.38. The molecular formula is C20H24FN3O. The highest BCUT2D eigenvalue weighted by molar-refractivity contribution is 5.78. The van der Waals surface area contributed by atoms with Crippen LogP contribution in [-0.2, 0) is 17.9 Å². The molecule has 5 heteroatoms. The van der Waals surface area contributed by atoms with Gasteiger partial charge in [0.25, 0.3) is 0 Å². The zero-order chi connectivity index (χ0) is 17.6. The number of nitrogens with zero attached hydrogens (tertiary/aromatic N) is 2. The Hall–Kier alpha value is -2.27. The van der Waals surface area contributed by atoms with E-state index in [1.54, 1.807) is 12.1 Å². The summed E-state index contributed by atoms with van der Waals surface area (Å²) < 4.78 is 12.9. The summed E-state index contributed by atoms with van der Waals surface area (Å²) >= 11 is 0. The minimum atomic E-state index is -0.214. The third-order valence-electron chi connectivity index (χ3n) is 4.63. The molecule has 0 bridgehead atoms. The number of pyridine rings is 1. The molecule has 0 aliphatic carbocycles. The van der Waals surface area contributed by atoms with Crippen molar-refractivity contribution in [2.75, 3.05) is 6.54 Å².